The second kappa shape index (κ2) is 7.38. The van der Waals surface area contributed by atoms with Gasteiger partial charge in [-0.25, -0.2) is 0 Å². The van der Waals surface area contributed by atoms with Gasteiger partial charge in [-0.1, -0.05) is 35.9 Å². The van der Waals surface area contributed by atoms with Crippen molar-refractivity contribution >= 4 is 17.2 Å². The number of rotatable bonds is 6. The number of thiophene rings is 1. The highest BCUT2D eigenvalue weighted by Gasteiger charge is 2.25. The summed E-state index contributed by atoms with van der Waals surface area (Å²) in [5.74, 6) is 0.0890. The number of likely N-dealkylation sites (N-methyl/N-ethyl adjacent to an activating group) is 1. The van der Waals surface area contributed by atoms with Crippen LogP contribution in [0.4, 0.5) is 0 Å². The summed E-state index contributed by atoms with van der Waals surface area (Å²) in [5.41, 5.74) is 2.49. The first-order chi connectivity index (χ1) is 10.1. The molecule has 2 atom stereocenters. The fourth-order valence-electron chi connectivity index (χ4n) is 2.32. The number of aryl methyl sites for hydroxylation is 1. The zero-order valence-electron chi connectivity index (χ0n) is 12.8. The van der Waals surface area contributed by atoms with Gasteiger partial charge in [-0.15, -0.1) is 11.3 Å². The summed E-state index contributed by atoms with van der Waals surface area (Å²) in [6.07, 6.45) is 0. The largest absolute Gasteiger partial charge is 0.351 e. The molecule has 3 N–H and O–H groups in total. The van der Waals surface area contributed by atoms with Crippen LogP contribution in [0.2, 0.25) is 0 Å². The van der Waals surface area contributed by atoms with Crippen LogP contribution in [-0.2, 0) is 4.79 Å². The van der Waals surface area contributed by atoms with Gasteiger partial charge in [0.15, 0.2) is 6.04 Å². The molecular weight excluding hydrogens is 280 g/mol. The molecule has 0 spiro atoms. The van der Waals surface area contributed by atoms with E-state index in [2.05, 4.69) is 59.3 Å². The molecule has 1 aromatic carbocycles. The van der Waals surface area contributed by atoms with Gasteiger partial charge in [0.2, 0.25) is 0 Å². The van der Waals surface area contributed by atoms with Crippen LogP contribution in [0.5, 0.6) is 0 Å². The maximum Gasteiger partial charge on any atom is 0.277 e. The topological polar surface area (TPSA) is 45.7 Å². The van der Waals surface area contributed by atoms with Gasteiger partial charge in [-0.2, -0.15) is 0 Å². The zero-order valence-corrected chi connectivity index (χ0v) is 13.6. The minimum atomic E-state index is -0.113. The molecule has 2 aromatic rings. The number of hydrogen-bond acceptors (Lipinski definition) is 2. The summed E-state index contributed by atoms with van der Waals surface area (Å²) in [4.78, 5) is 13.3. The van der Waals surface area contributed by atoms with Crippen LogP contribution >= 0.6 is 11.3 Å². The molecule has 0 bridgehead atoms. The minimum absolute atomic E-state index is 0.0890. The first kappa shape index (κ1) is 15.7. The Balaban J connectivity index is 2.21. The van der Waals surface area contributed by atoms with Crippen molar-refractivity contribution in [3.8, 4) is 0 Å². The molecule has 4 heteroatoms. The van der Waals surface area contributed by atoms with Crippen molar-refractivity contribution in [1.29, 1.82) is 0 Å². The van der Waals surface area contributed by atoms with E-state index in [1.54, 1.807) is 11.3 Å². The van der Waals surface area contributed by atoms with Crippen molar-refractivity contribution in [3.05, 3.63) is 57.8 Å². The van der Waals surface area contributed by atoms with Gasteiger partial charge in [0.1, 0.15) is 6.04 Å². The second-order valence-corrected chi connectivity index (χ2v) is 6.26. The van der Waals surface area contributed by atoms with E-state index in [0.717, 1.165) is 0 Å². The lowest BCUT2D eigenvalue weighted by Gasteiger charge is -2.19. The average Bonchev–Trinajstić information content (AvgIpc) is 3.00. The van der Waals surface area contributed by atoms with Gasteiger partial charge in [-0.3, -0.25) is 4.79 Å². The van der Waals surface area contributed by atoms with Gasteiger partial charge in [0, 0.05) is 12.1 Å². The van der Waals surface area contributed by atoms with Crippen molar-refractivity contribution < 1.29 is 10.1 Å². The standard InChI is InChI=1S/C17H22N2OS/c1-4-18-17(20)13(3)19-16(15-6-5-11-21-15)14-9-7-12(2)8-10-14/h5-11,13,16,19H,4H2,1-3H3,(H,18,20)/p+1/t13-,16-/m0/s1. The molecule has 0 aliphatic heterocycles. The highest BCUT2D eigenvalue weighted by molar-refractivity contribution is 7.10. The monoisotopic (exact) mass is 303 g/mol. The van der Waals surface area contributed by atoms with Gasteiger partial charge in [-0.05, 0) is 32.2 Å². The van der Waals surface area contributed by atoms with E-state index >= 15 is 0 Å². The van der Waals surface area contributed by atoms with Crippen molar-refractivity contribution in [2.75, 3.05) is 6.54 Å². The fourth-order valence-corrected chi connectivity index (χ4v) is 3.16. The molecule has 0 saturated heterocycles. The number of nitrogens with one attached hydrogen (secondary N) is 1. The molecule has 0 fully saturated rings. The van der Waals surface area contributed by atoms with Crippen LogP contribution in [0.1, 0.15) is 35.9 Å². The normalized spacial score (nSPS) is 13.7. The molecule has 0 unspecified atom stereocenters. The predicted octanol–water partition coefficient (Wildman–Crippen LogP) is 2.23. The maximum absolute atomic E-state index is 12.0. The SMILES string of the molecule is CCNC(=O)[C@H](C)[NH2+][C@@H](c1ccc(C)cc1)c1cccs1. The molecule has 0 aliphatic carbocycles. The summed E-state index contributed by atoms with van der Waals surface area (Å²) in [7, 11) is 0. The van der Waals surface area contributed by atoms with Crippen LogP contribution in [0, 0.1) is 6.92 Å². The molecule has 2 rings (SSSR count). The number of benzene rings is 1. The van der Waals surface area contributed by atoms with Crippen LogP contribution < -0.4 is 10.6 Å². The molecule has 1 heterocycles. The van der Waals surface area contributed by atoms with Crippen LogP contribution in [-0.4, -0.2) is 18.5 Å². The molecule has 1 amide bonds. The highest BCUT2D eigenvalue weighted by Crippen LogP contribution is 2.23. The van der Waals surface area contributed by atoms with Crippen molar-refractivity contribution in [2.24, 2.45) is 0 Å². The molecule has 0 radical (unpaired) electrons. The van der Waals surface area contributed by atoms with E-state index in [9.17, 15) is 4.79 Å². The third kappa shape index (κ3) is 4.16. The first-order valence-corrected chi connectivity index (χ1v) is 8.22. The van der Waals surface area contributed by atoms with Crippen molar-refractivity contribution in [2.45, 2.75) is 32.9 Å². The Hall–Kier alpha value is -1.65. The van der Waals surface area contributed by atoms with Gasteiger partial charge >= 0.3 is 0 Å². The Bertz CT molecular complexity index is 563. The van der Waals surface area contributed by atoms with Gasteiger partial charge < -0.3 is 10.6 Å². The Kier molecular flexibility index (Phi) is 5.53. The number of hydrogen-bond donors (Lipinski definition) is 2. The van der Waals surface area contributed by atoms with Crippen LogP contribution in [0.3, 0.4) is 0 Å². The number of amides is 1. The van der Waals surface area contributed by atoms with E-state index in [-0.39, 0.29) is 18.0 Å². The smallest absolute Gasteiger partial charge is 0.277 e. The van der Waals surface area contributed by atoms with E-state index in [4.69, 9.17) is 0 Å². The number of nitrogens with two attached hydrogens (primary N) is 1. The fraction of sp³-hybridized carbons (Fsp3) is 0.353. The van der Waals surface area contributed by atoms with E-state index < -0.39 is 0 Å². The summed E-state index contributed by atoms with van der Waals surface area (Å²) < 4.78 is 0. The maximum atomic E-state index is 12.0. The lowest BCUT2D eigenvalue weighted by molar-refractivity contribution is -0.704. The molecule has 1 aromatic heterocycles. The first-order valence-electron chi connectivity index (χ1n) is 7.34. The molecule has 0 saturated carbocycles. The Morgan fingerprint density at radius 1 is 1.29 bits per heavy atom. The third-order valence-corrected chi connectivity index (χ3v) is 4.49. The third-order valence-electron chi connectivity index (χ3n) is 3.53. The van der Waals surface area contributed by atoms with Crippen molar-refractivity contribution in [3.63, 3.8) is 0 Å². The number of carbonyl (C=O) groups excluding carboxylic acids is 1. The number of quaternary nitrogens is 1. The Morgan fingerprint density at radius 3 is 2.57 bits per heavy atom. The van der Waals surface area contributed by atoms with E-state index in [1.165, 1.54) is 16.0 Å². The number of carbonyl (C=O) groups is 1. The van der Waals surface area contributed by atoms with Crippen molar-refractivity contribution in [1.82, 2.24) is 5.32 Å². The zero-order chi connectivity index (χ0) is 15.2. The summed E-state index contributed by atoms with van der Waals surface area (Å²) >= 11 is 1.73. The summed E-state index contributed by atoms with van der Waals surface area (Å²) in [6, 6.07) is 12.8. The lowest BCUT2D eigenvalue weighted by atomic mass is 10.0. The quantitative estimate of drug-likeness (QED) is 0.844. The molecule has 112 valence electrons. The second-order valence-electron chi connectivity index (χ2n) is 5.28. The summed E-state index contributed by atoms with van der Waals surface area (Å²) in [5, 5.41) is 7.11. The lowest BCUT2D eigenvalue weighted by Crippen LogP contribution is -2.92. The molecular formula is C17H23N2OS+. The molecule has 21 heavy (non-hydrogen) atoms. The highest BCUT2D eigenvalue weighted by atomic mass is 32.1. The molecule has 3 nitrogen and oxygen atoms in total. The Morgan fingerprint density at radius 2 is 2.00 bits per heavy atom. The van der Waals surface area contributed by atoms with E-state index in [0.29, 0.717) is 6.54 Å². The average molecular weight is 303 g/mol. The Labute approximate surface area is 130 Å². The van der Waals surface area contributed by atoms with Crippen LogP contribution in [0.25, 0.3) is 0 Å². The van der Waals surface area contributed by atoms with E-state index in [1.807, 2.05) is 13.8 Å². The molecule has 0 aliphatic rings. The predicted molar refractivity (Wildman–Crippen MR) is 87.4 cm³/mol. The van der Waals surface area contributed by atoms with Gasteiger partial charge in [0.05, 0.1) is 4.88 Å². The van der Waals surface area contributed by atoms with Crippen LogP contribution in [0.15, 0.2) is 41.8 Å². The van der Waals surface area contributed by atoms with Gasteiger partial charge in [0.25, 0.3) is 5.91 Å². The summed E-state index contributed by atoms with van der Waals surface area (Å²) in [6.45, 7) is 6.66. The minimum Gasteiger partial charge on any atom is -0.351 e.